The van der Waals surface area contributed by atoms with Crippen molar-refractivity contribution in [3.8, 4) is 0 Å². The minimum absolute atomic E-state index is 0.586. The lowest BCUT2D eigenvalue weighted by atomic mass is 10.2. The van der Waals surface area contributed by atoms with Crippen LogP contribution >= 0.6 is 31.9 Å². The zero-order chi connectivity index (χ0) is 10.6. The van der Waals surface area contributed by atoms with Crippen molar-refractivity contribution < 1.29 is 4.79 Å². The Bertz CT molecular complexity index is 419. The molecule has 0 aliphatic carbocycles. The second-order valence-electron chi connectivity index (χ2n) is 2.53. The predicted molar refractivity (Wildman–Crippen MR) is 63.9 cm³/mol. The Morgan fingerprint density at radius 3 is 2.71 bits per heavy atom. The Morgan fingerprint density at radius 2 is 2.14 bits per heavy atom. The zero-order valence-corrected chi connectivity index (χ0v) is 10.5. The molecule has 0 saturated heterocycles. The van der Waals surface area contributed by atoms with Crippen LogP contribution in [0.2, 0.25) is 0 Å². The van der Waals surface area contributed by atoms with E-state index in [1.165, 1.54) is 6.08 Å². The number of rotatable bonds is 2. The van der Waals surface area contributed by atoms with Crippen molar-refractivity contribution in [3.63, 3.8) is 0 Å². The average molecular weight is 318 g/mol. The van der Waals surface area contributed by atoms with E-state index >= 15 is 0 Å². The molecule has 0 aliphatic heterocycles. The summed E-state index contributed by atoms with van der Waals surface area (Å²) in [6.07, 6.45) is 1.51. The molecule has 1 aromatic carbocycles. The number of nitrogens with zero attached hydrogens (tertiary/aromatic N) is 2. The summed E-state index contributed by atoms with van der Waals surface area (Å²) in [4.78, 5) is 17.8. The zero-order valence-electron chi connectivity index (χ0n) is 7.29. The Morgan fingerprint density at radius 1 is 1.43 bits per heavy atom. The average Bonchev–Trinajstić information content (AvgIpc) is 2.10. The van der Waals surface area contributed by atoms with E-state index in [0.29, 0.717) is 14.9 Å². The van der Waals surface area contributed by atoms with Gasteiger partial charge < -0.3 is 0 Å². The van der Waals surface area contributed by atoms with Gasteiger partial charge in [-0.25, -0.2) is 9.79 Å². The Kier molecular flexibility index (Phi) is 4.20. The maximum absolute atomic E-state index is 10.1. The lowest BCUT2D eigenvalue weighted by Crippen LogP contribution is -1.75. The first-order valence-corrected chi connectivity index (χ1v) is 5.30. The van der Waals surface area contributed by atoms with Crippen LogP contribution in [0, 0.1) is 6.92 Å². The molecule has 0 saturated carbocycles. The van der Waals surface area contributed by atoms with Crippen molar-refractivity contribution in [1.82, 2.24) is 0 Å². The summed E-state index contributed by atoms with van der Waals surface area (Å²) in [6.45, 7) is 1.87. The van der Waals surface area contributed by atoms with Crippen LogP contribution in [0.1, 0.15) is 5.56 Å². The molecule has 0 aliphatic rings. The van der Waals surface area contributed by atoms with Crippen molar-refractivity contribution >= 4 is 52.8 Å². The van der Waals surface area contributed by atoms with E-state index in [4.69, 9.17) is 0 Å². The van der Waals surface area contributed by atoms with Crippen molar-refractivity contribution in [2.45, 2.75) is 6.92 Å². The number of halogens is 2. The van der Waals surface area contributed by atoms with E-state index in [1.807, 2.05) is 19.1 Å². The predicted octanol–water partition coefficient (Wildman–Crippen LogP) is 3.74. The Hall–Kier alpha value is -0.770. The third kappa shape index (κ3) is 3.18. The summed E-state index contributed by atoms with van der Waals surface area (Å²) in [6, 6.07) is 5.39. The van der Waals surface area contributed by atoms with Gasteiger partial charge in [-0.3, -0.25) is 0 Å². The SMILES string of the molecule is Cc1ccc(N=C(Br)Br)cc1N=C=O. The number of aliphatic imine (C=N–C) groups is 2. The first-order chi connectivity index (χ1) is 6.63. The van der Waals surface area contributed by atoms with Gasteiger partial charge >= 0.3 is 0 Å². The van der Waals surface area contributed by atoms with Gasteiger partial charge in [0.1, 0.15) is 3.53 Å². The molecule has 0 unspecified atom stereocenters. The number of hydrogen-bond acceptors (Lipinski definition) is 3. The van der Waals surface area contributed by atoms with E-state index in [2.05, 4.69) is 41.8 Å². The van der Waals surface area contributed by atoms with Crippen molar-refractivity contribution in [1.29, 1.82) is 0 Å². The Balaban J connectivity index is 3.19. The van der Waals surface area contributed by atoms with Crippen LogP contribution in [0.5, 0.6) is 0 Å². The van der Waals surface area contributed by atoms with Gasteiger partial charge in [-0.2, -0.15) is 4.99 Å². The lowest BCUT2D eigenvalue weighted by Gasteiger charge is -1.99. The summed E-state index contributed by atoms with van der Waals surface area (Å²) in [5.74, 6) is 0. The highest BCUT2D eigenvalue weighted by molar-refractivity contribution is 9.39. The van der Waals surface area contributed by atoms with Crippen LogP contribution < -0.4 is 0 Å². The fourth-order valence-corrected chi connectivity index (χ4v) is 1.34. The van der Waals surface area contributed by atoms with Crippen LogP contribution in [0.15, 0.2) is 28.2 Å². The molecule has 0 spiro atoms. The highest BCUT2D eigenvalue weighted by atomic mass is 79.9. The first-order valence-electron chi connectivity index (χ1n) is 3.71. The van der Waals surface area contributed by atoms with Gasteiger partial charge in [0.25, 0.3) is 0 Å². The molecule has 0 heterocycles. The van der Waals surface area contributed by atoms with Gasteiger partial charge in [-0.05, 0) is 56.5 Å². The number of isocyanates is 1. The molecule has 14 heavy (non-hydrogen) atoms. The molecule has 3 nitrogen and oxygen atoms in total. The molecular weight excluding hydrogens is 312 g/mol. The highest BCUT2D eigenvalue weighted by Crippen LogP contribution is 2.25. The lowest BCUT2D eigenvalue weighted by molar-refractivity contribution is 0.565. The quantitative estimate of drug-likeness (QED) is 0.605. The summed E-state index contributed by atoms with van der Waals surface area (Å²) in [7, 11) is 0. The monoisotopic (exact) mass is 316 g/mol. The van der Waals surface area contributed by atoms with E-state index in [1.54, 1.807) is 6.07 Å². The molecule has 0 N–H and O–H groups in total. The molecule has 0 amide bonds. The summed E-state index contributed by atoms with van der Waals surface area (Å²) in [5, 5.41) is 0. The summed E-state index contributed by atoms with van der Waals surface area (Å²) < 4.78 is 0.592. The normalized spacial score (nSPS) is 9.07. The molecule has 0 radical (unpaired) electrons. The summed E-state index contributed by atoms with van der Waals surface area (Å²) in [5.41, 5.74) is 2.22. The molecule has 1 rings (SSSR count). The van der Waals surface area contributed by atoms with Crippen LogP contribution in [0.25, 0.3) is 0 Å². The number of carbonyl (C=O) groups excluding carboxylic acids is 1. The van der Waals surface area contributed by atoms with Crippen molar-refractivity contribution in [2.75, 3.05) is 0 Å². The number of hydrogen-bond donors (Lipinski definition) is 0. The smallest absolute Gasteiger partial charge is 0.234 e. The van der Waals surface area contributed by atoms with Gasteiger partial charge in [0.15, 0.2) is 0 Å². The largest absolute Gasteiger partial charge is 0.240 e. The van der Waals surface area contributed by atoms with E-state index in [-0.39, 0.29) is 0 Å². The van der Waals surface area contributed by atoms with Gasteiger partial charge in [0.2, 0.25) is 6.08 Å². The van der Waals surface area contributed by atoms with E-state index < -0.39 is 0 Å². The minimum atomic E-state index is 0.586. The Labute approximate surface area is 98.2 Å². The molecule has 0 bridgehead atoms. The van der Waals surface area contributed by atoms with Gasteiger partial charge in [-0.15, -0.1) is 0 Å². The third-order valence-corrected chi connectivity index (χ3v) is 1.93. The van der Waals surface area contributed by atoms with Crippen LogP contribution in [-0.4, -0.2) is 9.61 Å². The standard InChI is InChI=1S/C9H6Br2N2O/c1-6-2-3-7(13-9(10)11)4-8(6)12-5-14/h2-4H,1H3. The first kappa shape index (κ1) is 11.3. The van der Waals surface area contributed by atoms with Crippen LogP contribution in [-0.2, 0) is 4.79 Å². The molecule has 1 aromatic rings. The number of aryl methyl sites for hydroxylation is 1. The van der Waals surface area contributed by atoms with Crippen LogP contribution in [0.4, 0.5) is 11.4 Å². The van der Waals surface area contributed by atoms with Crippen molar-refractivity contribution in [2.24, 2.45) is 9.98 Å². The highest BCUT2D eigenvalue weighted by Gasteiger charge is 1.98. The second kappa shape index (κ2) is 5.20. The molecule has 0 aromatic heterocycles. The van der Waals surface area contributed by atoms with E-state index in [9.17, 15) is 4.79 Å². The van der Waals surface area contributed by atoms with Gasteiger partial charge in [-0.1, -0.05) is 6.07 Å². The molecule has 0 atom stereocenters. The van der Waals surface area contributed by atoms with Gasteiger partial charge in [0.05, 0.1) is 11.4 Å². The van der Waals surface area contributed by atoms with Crippen LogP contribution in [0.3, 0.4) is 0 Å². The van der Waals surface area contributed by atoms with Gasteiger partial charge in [0, 0.05) is 0 Å². The maximum Gasteiger partial charge on any atom is 0.240 e. The number of benzene rings is 1. The minimum Gasteiger partial charge on any atom is -0.234 e. The molecule has 5 heteroatoms. The summed E-state index contributed by atoms with van der Waals surface area (Å²) >= 11 is 6.30. The second-order valence-corrected chi connectivity index (χ2v) is 5.09. The molecule has 72 valence electrons. The molecule has 0 fully saturated rings. The van der Waals surface area contributed by atoms with Crippen molar-refractivity contribution in [3.05, 3.63) is 23.8 Å². The fourth-order valence-electron chi connectivity index (χ4n) is 0.935. The third-order valence-electron chi connectivity index (χ3n) is 1.57. The van der Waals surface area contributed by atoms with E-state index in [0.717, 1.165) is 5.56 Å². The fraction of sp³-hybridized carbons (Fsp3) is 0.111. The maximum atomic E-state index is 10.1. The molecular formula is C9H6Br2N2O. The topological polar surface area (TPSA) is 41.8 Å².